The van der Waals surface area contributed by atoms with E-state index >= 15 is 0 Å². The molecule has 0 aliphatic carbocycles. The smallest absolute Gasteiger partial charge is 0.224 e. The molecule has 0 aliphatic heterocycles. The molecule has 6 nitrogen and oxygen atoms in total. The van der Waals surface area contributed by atoms with Crippen molar-refractivity contribution in [3.8, 4) is 0 Å². The van der Waals surface area contributed by atoms with Gasteiger partial charge in [-0.15, -0.1) is 0 Å². The summed E-state index contributed by atoms with van der Waals surface area (Å²) in [6, 6.07) is 1.87. The fraction of sp³-hybridized carbons (Fsp3) is 0.417. The van der Waals surface area contributed by atoms with Crippen LogP contribution in [0, 0.1) is 0 Å². The highest BCUT2D eigenvalue weighted by Crippen LogP contribution is 2.05. The van der Waals surface area contributed by atoms with E-state index < -0.39 is 0 Å². The van der Waals surface area contributed by atoms with Crippen molar-refractivity contribution in [3.63, 3.8) is 0 Å². The van der Waals surface area contributed by atoms with Crippen LogP contribution in [0.25, 0.3) is 0 Å². The molecule has 0 spiro atoms. The molecule has 0 fully saturated rings. The third kappa shape index (κ3) is 3.73. The molecule has 0 amide bonds. The predicted octanol–water partition coefficient (Wildman–Crippen LogP) is 1.61. The van der Waals surface area contributed by atoms with Crippen LogP contribution >= 0.6 is 0 Å². The lowest BCUT2D eigenvalue weighted by Crippen LogP contribution is -2.06. The van der Waals surface area contributed by atoms with E-state index in [9.17, 15) is 0 Å². The minimum atomic E-state index is 0.637. The van der Waals surface area contributed by atoms with E-state index in [4.69, 9.17) is 0 Å². The zero-order chi connectivity index (χ0) is 12.6. The summed E-state index contributed by atoms with van der Waals surface area (Å²) in [5, 5.41) is 6.20. The maximum atomic E-state index is 4.29. The SMILES string of the molecule is CNc1nccc(NCCCCn2ccnc2)n1. The summed E-state index contributed by atoms with van der Waals surface area (Å²) < 4.78 is 2.09. The summed E-state index contributed by atoms with van der Waals surface area (Å²) in [6.07, 6.45) is 9.59. The van der Waals surface area contributed by atoms with Gasteiger partial charge in [0.25, 0.3) is 0 Å². The fourth-order valence-corrected chi connectivity index (χ4v) is 1.63. The Labute approximate surface area is 106 Å². The van der Waals surface area contributed by atoms with Gasteiger partial charge in [0.2, 0.25) is 5.95 Å². The Morgan fingerprint density at radius 2 is 2.22 bits per heavy atom. The van der Waals surface area contributed by atoms with Gasteiger partial charge in [0.15, 0.2) is 0 Å². The van der Waals surface area contributed by atoms with E-state index in [1.807, 2.05) is 25.6 Å². The number of imidazole rings is 1. The molecular formula is C12H18N6. The molecule has 0 aromatic carbocycles. The van der Waals surface area contributed by atoms with E-state index in [0.717, 1.165) is 31.7 Å². The van der Waals surface area contributed by atoms with Crippen LogP contribution in [0.5, 0.6) is 0 Å². The minimum Gasteiger partial charge on any atom is -0.370 e. The van der Waals surface area contributed by atoms with Crippen LogP contribution in [-0.4, -0.2) is 33.1 Å². The van der Waals surface area contributed by atoms with Gasteiger partial charge in [-0.1, -0.05) is 0 Å². The van der Waals surface area contributed by atoms with Gasteiger partial charge in [-0.2, -0.15) is 4.98 Å². The van der Waals surface area contributed by atoms with Crippen LogP contribution in [0.2, 0.25) is 0 Å². The molecule has 2 N–H and O–H groups in total. The van der Waals surface area contributed by atoms with Gasteiger partial charge in [0.05, 0.1) is 6.33 Å². The van der Waals surface area contributed by atoms with Crippen molar-refractivity contribution in [2.75, 3.05) is 24.2 Å². The monoisotopic (exact) mass is 246 g/mol. The maximum absolute atomic E-state index is 4.29. The molecule has 2 heterocycles. The molecule has 2 rings (SSSR count). The number of nitrogens with zero attached hydrogens (tertiary/aromatic N) is 4. The zero-order valence-electron chi connectivity index (χ0n) is 10.5. The molecule has 0 saturated heterocycles. The number of hydrogen-bond acceptors (Lipinski definition) is 5. The van der Waals surface area contributed by atoms with Crippen molar-refractivity contribution in [3.05, 3.63) is 31.0 Å². The van der Waals surface area contributed by atoms with Gasteiger partial charge in [0, 0.05) is 38.7 Å². The molecule has 0 atom stereocenters. The molecule has 2 aromatic heterocycles. The first-order chi connectivity index (χ1) is 8.88. The van der Waals surface area contributed by atoms with Crippen molar-refractivity contribution in [2.24, 2.45) is 0 Å². The summed E-state index contributed by atoms with van der Waals surface area (Å²) in [7, 11) is 1.81. The second kappa shape index (κ2) is 6.58. The maximum Gasteiger partial charge on any atom is 0.224 e. The second-order valence-electron chi connectivity index (χ2n) is 3.95. The topological polar surface area (TPSA) is 67.7 Å². The van der Waals surface area contributed by atoms with Crippen molar-refractivity contribution in [1.29, 1.82) is 0 Å². The predicted molar refractivity (Wildman–Crippen MR) is 71.5 cm³/mol. The second-order valence-corrected chi connectivity index (χ2v) is 3.95. The lowest BCUT2D eigenvalue weighted by molar-refractivity contribution is 0.620. The summed E-state index contributed by atoms with van der Waals surface area (Å²) in [4.78, 5) is 12.4. The molecule has 0 bridgehead atoms. The third-order valence-electron chi connectivity index (χ3n) is 2.59. The number of anilines is 2. The van der Waals surface area contributed by atoms with Gasteiger partial charge in [-0.25, -0.2) is 9.97 Å². The van der Waals surface area contributed by atoms with Crippen LogP contribution in [-0.2, 0) is 6.54 Å². The van der Waals surface area contributed by atoms with Crippen LogP contribution < -0.4 is 10.6 Å². The number of rotatable bonds is 7. The van der Waals surface area contributed by atoms with Crippen LogP contribution in [0.3, 0.4) is 0 Å². The highest BCUT2D eigenvalue weighted by Gasteiger charge is 1.96. The zero-order valence-corrected chi connectivity index (χ0v) is 10.5. The Morgan fingerprint density at radius 3 is 3.00 bits per heavy atom. The lowest BCUT2D eigenvalue weighted by atomic mass is 10.3. The molecule has 2 aromatic rings. The molecule has 0 aliphatic rings. The Balaban J connectivity index is 1.65. The van der Waals surface area contributed by atoms with E-state index in [1.165, 1.54) is 0 Å². The quantitative estimate of drug-likeness (QED) is 0.726. The van der Waals surface area contributed by atoms with E-state index in [1.54, 1.807) is 12.4 Å². The average molecular weight is 246 g/mol. The van der Waals surface area contributed by atoms with E-state index in [0.29, 0.717) is 5.95 Å². The first-order valence-corrected chi connectivity index (χ1v) is 6.09. The summed E-state index contributed by atoms with van der Waals surface area (Å²) in [6.45, 7) is 1.92. The molecule has 0 saturated carbocycles. The van der Waals surface area contributed by atoms with Crippen LogP contribution in [0.1, 0.15) is 12.8 Å². The van der Waals surface area contributed by atoms with Crippen molar-refractivity contribution in [2.45, 2.75) is 19.4 Å². The van der Waals surface area contributed by atoms with Gasteiger partial charge in [-0.3, -0.25) is 0 Å². The number of aryl methyl sites for hydroxylation is 1. The number of unbranched alkanes of at least 4 members (excludes halogenated alkanes) is 1. The Bertz CT molecular complexity index is 453. The number of hydrogen-bond donors (Lipinski definition) is 2. The first kappa shape index (κ1) is 12.3. The molecular weight excluding hydrogens is 228 g/mol. The first-order valence-electron chi connectivity index (χ1n) is 6.09. The normalized spacial score (nSPS) is 10.3. The minimum absolute atomic E-state index is 0.637. The Morgan fingerprint density at radius 1 is 1.28 bits per heavy atom. The molecule has 0 radical (unpaired) electrons. The third-order valence-corrected chi connectivity index (χ3v) is 2.59. The standard InChI is InChI=1S/C12H18N6/c1-13-12-16-6-4-11(17-12)15-5-2-3-8-18-9-7-14-10-18/h4,6-7,9-10H,2-3,5,8H2,1H3,(H2,13,15,16,17). The van der Waals surface area contributed by atoms with Gasteiger partial charge in [-0.05, 0) is 18.9 Å². The largest absolute Gasteiger partial charge is 0.370 e. The molecule has 96 valence electrons. The van der Waals surface area contributed by atoms with Crippen molar-refractivity contribution >= 4 is 11.8 Å². The highest BCUT2D eigenvalue weighted by molar-refractivity contribution is 5.38. The van der Waals surface area contributed by atoms with Gasteiger partial charge >= 0.3 is 0 Å². The number of aromatic nitrogens is 4. The number of nitrogens with one attached hydrogen (secondary N) is 2. The van der Waals surface area contributed by atoms with Crippen LogP contribution in [0.4, 0.5) is 11.8 Å². The van der Waals surface area contributed by atoms with Crippen molar-refractivity contribution in [1.82, 2.24) is 19.5 Å². The summed E-state index contributed by atoms with van der Waals surface area (Å²) in [5.74, 6) is 1.50. The lowest BCUT2D eigenvalue weighted by Gasteiger charge is -2.06. The van der Waals surface area contributed by atoms with Crippen LogP contribution in [0.15, 0.2) is 31.0 Å². The van der Waals surface area contributed by atoms with Crippen molar-refractivity contribution < 1.29 is 0 Å². The highest BCUT2D eigenvalue weighted by atomic mass is 15.1. The Hall–Kier alpha value is -2.11. The van der Waals surface area contributed by atoms with Gasteiger partial charge in [0.1, 0.15) is 5.82 Å². The average Bonchev–Trinajstić information content (AvgIpc) is 2.92. The van der Waals surface area contributed by atoms with E-state index in [-0.39, 0.29) is 0 Å². The molecule has 6 heteroatoms. The fourth-order valence-electron chi connectivity index (χ4n) is 1.63. The van der Waals surface area contributed by atoms with E-state index in [2.05, 4.69) is 30.2 Å². The molecule has 18 heavy (non-hydrogen) atoms. The summed E-state index contributed by atoms with van der Waals surface area (Å²) >= 11 is 0. The Kier molecular flexibility index (Phi) is 4.52. The molecule has 0 unspecified atom stereocenters. The van der Waals surface area contributed by atoms with Gasteiger partial charge < -0.3 is 15.2 Å². The summed E-state index contributed by atoms with van der Waals surface area (Å²) in [5.41, 5.74) is 0.